The molecule has 0 atom stereocenters. The summed E-state index contributed by atoms with van der Waals surface area (Å²) in [7, 11) is 0. The van der Waals surface area contributed by atoms with Crippen LogP contribution in [-0.4, -0.2) is 63.8 Å². The smallest absolute Gasteiger partial charge is 0.155 e. The second-order valence-corrected chi connectivity index (χ2v) is 8.82. The van der Waals surface area contributed by atoms with Gasteiger partial charge in [-0.1, -0.05) is 0 Å². The summed E-state index contributed by atoms with van der Waals surface area (Å²) in [5.74, 6) is 1.63. The van der Waals surface area contributed by atoms with E-state index in [4.69, 9.17) is 10.7 Å². The number of aromatic nitrogens is 9. The molecule has 172 valence electrons. The van der Waals surface area contributed by atoms with Gasteiger partial charge in [-0.25, -0.2) is 19.9 Å². The summed E-state index contributed by atoms with van der Waals surface area (Å²) in [6.07, 6.45) is 10.8. The lowest BCUT2D eigenvalue weighted by atomic mass is 10.1. The fourth-order valence-electron chi connectivity index (χ4n) is 4.51. The molecule has 1 saturated heterocycles. The Morgan fingerprint density at radius 3 is 2.80 bits per heavy atom. The zero-order chi connectivity index (χ0) is 23.5. The van der Waals surface area contributed by atoms with E-state index in [-0.39, 0.29) is 6.04 Å². The standard InChI is InChI=1S/C24H21N11/c1-13-9-35(12-29-13)24-16-5-19(30-18(16)2-3-27-24)22-17-4-14(6-28-23(17)33-32-22)20-7-26-8-21(31-20)34-10-15(25)11-34/h2-9,12,15,30H,10-11,25H2,1H3,(H,28,32,33). The van der Waals surface area contributed by atoms with Gasteiger partial charge in [-0.15, -0.1) is 0 Å². The number of fused-ring (bicyclic) bond motifs is 2. The molecule has 6 aromatic heterocycles. The molecule has 0 bridgehead atoms. The molecule has 7 rings (SSSR count). The number of nitrogens with one attached hydrogen (secondary N) is 2. The predicted molar refractivity (Wildman–Crippen MR) is 132 cm³/mol. The highest BCUT2D eigenvalue weighted by molar-refractivity contribution is 5.97. The van der Waals surface area contributed by atoms with Gasteiger partial charge in [0.2, 0.25) is 0 Å². The highest BCUT2D eigenvalue weighted by Crippen LogP contribution is 2.32. The second kappa shape index (κ2) is 7.43. The van der Waals surface area contributed by atoms with Gasteiger partial charge in [-0.05, 0) is 25.1 Å². The third kappa shape index (κ3) is 3.24. The Kier molecular flexibility index (Phi) is 4.20. The molecule has 0 amide bonds. The summed E-state index contributed by atoms with van der Waals surface area (Å²) in [5, 5.41) is 9.47. The van der Waals surface area contributed by atoms with Crippen LogP contribution in [0.1, 0.15) is 5.69 Å². The van der Waals surface area contributed by atoms with Crippen LogP contribution in [0.25, 0.3) is 50.4 Å². The van der Waals surface area contributed by atoms with E-state index in [1.54, 1.807) is 31.1 Å². The average molecular weight is 464 g/mol. The summed E-state index contributed by atoms with van der Waals surface area (Å²) in [6.45, 7) is 3.53. The van der Waals surface area contributed by atoms with Crippen LogP contribution in [0.2, 0.25) is 0 Å². The molecule has 0 aromatic carbocycles. The molecule has 1 fully saturated rings. The molecule has 35 heavy (non-hydrogen) atoms. The largest absolute Gasteiger partial charge is 0.353 e. The van der Waals surface area contributed by atoms with Crippen LogP contribution in [0.5, 0.6) is 0 Å². The van der Waals surface area contributed by atoms with Crippen molar-refractivity contribution in [2.45, 2.75) is 13.0 Å². The molecule has 11 heteroatoms. The van der Waals surface area contributed by atoms with E-state index < -0.39 is 0 Å². The number of imidazole rings is 1. The molecule has 0 unspecified atom stereocenters. The Bertz CT molecular complexity index is 1700. The molecule has 7 heterocycles. The molecule has 6 aromatic rings. The Balaban J connectivity index is 1.31. The van der Waals surface area contributed by atoms with Crippen molar-refractivity contribution in [2.75, 3.05) is 18.0 Å². The lowest BCUT2D eigenvalue weighted by molar-refractivity contribution is 0.514. The summed E-state index contributed by atoms with van der Waals surface area (Å²) >= 11 is 0. The van der Waals surface area contributed by atoms with Crippen molar-refractivity contribution in [3.05, 3.63) is 61.2 Å². The molecule has 0 aliphatic carbocycles. The first-order valence-corrected chi connectivity index (χ1v) is 11.3. The Morgan fingerprint density at radius 1 is 1.06 bits per heavy atom. The average Bonchev–Trinajstić information content (AvgIpc) is 3.59. The van der Waals surface area contributed by atoms with Crippen LogP contribution in [0.3, 0.4) is 0 Å². The SMILES string of the molecule is Cc1cn(-c2nccc3[nH]c(-c4n[nH]c5ncc(-c6cncc(N7CC(N)C7)n6)cc45)cc23)cn1. The zero-order valence-electron chi connectivity index (χ0n) is 18.8. The van der Waals surface area contributed by atoms with Gasteiger partial charge in [0.05, 0.1) is 35.0 Å². The number of pyridine rings is 2. The Morgan fingerprint density at radius 2 is 1.97 bits per heavy atom. The maximum absolute atomic E-state index is 5.93. The highest BCUT2D eigenvalue weighted by atomic mass is 15.3. The van der Waals surface area contributed by atoms with E-state index in [1.807, 2.05) is 29.8 Å². The molecule has 4 N–H and O–H groups in total. The van der Waals surface area contributed by atoms with Gasteiger partial charge >= 0.3 is 0 Å². The van der Waals surface area contributed by atoms with Crippen LogP contribution >= 0.6 is 0 Å². The fraction of sp³-hybridized carbons (Fsp3) is 0.167. The topological polar surface area (TPSA) is 143 Å². The Labute approximate surface area is 199 Å². The molecule has 1 aliphatic heterocycles. The summed E-state index contributed by atoms with van der Waals surface area (Å²) in [5.41, 5.74) is 11.8. The maximum Gasteiger partial charge on any atom is 0.155 e. The van der Waals surface area contributed by atoms with Crippen molar-refractivity contribution >= 4 is 27.8 Å². The first-order chi connectivity index (χ1) is 17.1. The van der Waals surface area contributed by atoms with Gasteiger partial charge in [-0.2, -0.15) is 5.10 Å². The van der Waals surface area contributed by atoms with Crippen LogP contribution in [0.15, 0.2) is 55.5 Å². The monoisotopic (exact) mass is 463 g/mol. The van der Waals surface area contributed by atoms with E-state index >= 15 is 0 Å². The first kappa shape index (κ1) is 19.8. The van der Waals surface area contributed by atoms with Gasteiger partial charge < -0.3 is 15.6 Å². The van der Waals surface area contributed by atoms with E-state index in [1.165, 1.54) is 0 Å². The number of rotatable bonds is 4. The molecule has 0 spiro atoms. The molecular weight excluding hydrogens is 442 g/mol. The Hall–Kier alpha value is -4.64. The lowest BCUT2D eigenvalue weighted by Crippen LogP contribution is -2.56. The second-order valence-electron chi connectivity index (χ2n) is 8.82. The predicted octanol–water partition coefficient (Wildman–Crippen LogP) is 2.60. The van der Waals surface area contributed by atoms with Gasteiger partial charge in [0.15, 0.2) is 5.65 Å². The van der Waals surface area contributed by atoms with E-state index in [0.717, 1.165) is 69.4 Å². The van der Waals surface area contributed by atoms with Gasteiger partial charge in [0.25, 0.3) is 0 Å². The van der Waals surface area contributed by atoms with E-state index in [2.05, 4.69) is 46.1 Å². The fourth-order valence-corrected chi connectivity index (χ4v) is 4.51. The third-order valence-electron chi connectivity index (χ3n) is 6.31. The zero-order valence-corrected chi connectivity index (χ0v) is 18.8. The van der Waals surface area contributed by atoms with Crippen LogP contribution in [-0.2, 0) is 0 Å². The van der Waals surface area contributed by atoms with Crippen molar-refractivity contribution in [1.29, 1.82) is 0 Å². The van der Waals surface area contributed by atoms with Crippen LogP contribution < -0.4 is 10.6 Å². The molecule has 0 saturated carbocycles. The van der Waals surface area contributed by atoms with Gasteiger partial charge in [-0.3, -0.25) is 14.6 Å². The summed E-state index contributed by atoms with van der Waals surface area (Å²) < 4.78 is 1.92. The van der Waals surface area contributed by atoms with E-state index in [0.29, 0.717) is 5.65 Å². The van der Waals surface area contributed by atoms with Crippen molar-refractivity contribution in [3.63, 3.8) is 0 Å². The third-order valence-corrected chi connectivity index (χ3v) is 6.31. The van der Waals surface area contributed by atoms with Crippen molar-refractivity contribution in [2.24, 2.45) is 5.73 Å². The maximum atomic E-state index is 5.93. The minimum Gasteiger partial charge on any atom is -0.353 e. The number of H-pyrrole nitrogens is 2. The number of anilines is 1. The number of nitrogens with two attached hydrogens (primary N) is 1. The highest BCUT2D eigenvalue weighted by Gasteiger charge is 2.25. The first-order valence-electron chi connectivity index (χ1n) is 11.3. The van der Waals surface area contributed by atoms with Crippen molar-refractivity contribution < 1.29 is 0 Å². The van der Waals surface area contributed by atoms with Gasteiger partial charge in [0.1, 0.15) is 23.7 Å². The molecular formula is C24H21N11. The van der Waals surface area contributed by atoms with Gasteiger partial charge in [0, 0.05) is 54.1 Å². The number of aryl methyl sites for hydroxylation is 1. The normalized spacial score (nSPS) is 14.2. The lowest BCUT2D eigenvalue weighted by Gasteiger charge is -2.37. The summed E-state index contributed by atoms with van der Waals surface area (Å²) in [4.78, 5) is 28.3. The van der Waals surface area contributed by atoms with Crippen LogP contribution in [0, 0.1) is 6.92 Å². The number of aromatic amines is 2. The van der Waals surface area contributed by atoms with Crippen molar-refractivity contribution in [1.82, 2.24) is 44.7 Å². The molecule has 11 nitrogen and oxygen atoms in total. The number of nitrogens with zero attached hydrogens (tertiary/aromatic N) is 8. The number of hydrogen-bond acceptors (Lipinski definition) is 8. The number of hydrogen-bond donors (Lipinski definition) is 3. The minimum absolute atomic E-state index is 0.191. The molecule has 1 aliphatic rings. The minimum atomic E-state index is 0.191. The summed E-state index contributed by atoms with van der Waals surface area (Å²) in [6, 6.07) is 6.24. The van der Waals surface area contributed by atoms with E-state index in [9.17, 15) is 0 Å². The van der Waals surface area contributed by atoms with Crippen molar-refractivity contribution in [3.8, 4) is 28.5 Å². The quantitative estimate of drug-likeness (QED) is 0.362. The van der Waals surface area contributed by atoms with Crippen LogP contribution in [0.4, 0.5) is 5.82 Å². The molecule has 0 radical (unpaired) electrons.